The molecule has 0 aliphatic heterocycles. The van der Waals surface area contributed by atoms with Crippen molar-refractivity contribution in [2.24, 2.45) is 0 Å². The van der Waals surface area contributed by atoms with Gasteiger partial charge in [-0.15, -0.1) is 0 Å². The normalized spacial score (nSPS) is 10.6. The van der Waals surface area contributed by atoms with Gasteiger partial charge >= 0.3 is 0 Å². The number of halogens is 1. The molecule has 0 spiro atoms. The summed E-state index contributed by atoms with van der Waals surface area (Å²) in [6.45, 7) is 5.15. The van der Waals surface area contributed by atoms with Crippen LogP contribution in [-0.2, 0) is 6.54 Å². The van der Waals surface area contributed by atoms with E-state index < -0.39 is 0 Å². The molecular formula is C11H16BrNO. The third-order valence-electron chi connectivity index (χ3n) is 1.93. The van der Waals surface area contributed by atoms with Crippen molar-refractivity contribution in [3.05, 3.63) is 28.2 Å². The molecule has 3 heteroatoms. The maximum Gasteiger partial charge on any atom is 0.133 e. The van der Waals surface area contributed by atoms with E-state index in [0.29, 0.717) is 6.04 Å². The predicted molar refractivity (Wildman–Crippen MR) is 62.7 cm³/mol. The first-order valence-electron chi connectivity index (χ1n) is 4.69. The summed E-state index contributed by atoms with van der Waals surface area (Å²) in [7, 11) is 1.68. The number of methoxy groups -OCH3 is 1. The lowest BCUT2D eigenvalue weighted by Gasteiger charge is -2.10. The maximum absolute atomic E-state index is 5.22. The summed E-state index contributed by atoms with van der Waals surface area (Å²) in [6, 6.07) is 6.64. The first-order chi connectivity index (χ1) is 6.63. The molecule has 0 amide bonds. The standard InChI is InChI=1S/C11H16BrNO/c1-8(2)13-7-9-4-5-10(12)11(6-9)14-3/h4-6,8,13H,7H2,1-3H3. The van der Waals surface area contributed by atoms with Crippen LogP contribution in [0.2, 0.25) is 0 Å². The molecule has 0 aliphatic rings. The molecule has 0 atom stereocenters. The van der Waals surface area contributed by atoms with Crippen LogP contribution in [0.15, 0.2) is 22.7 Å². The van der Waals surface area contributed by atoms with E-state index >= 15 is 0 Å². The van der Waals surface area contributed by atoms with Crippen LogP contribution in [0.3, 0.4) is 0 Å². The fraction of sp³-hybridized carbons (Fsp3) is 0.455. The number of hydrogen-bond donors (Lipinski definition) is 1. The van der Waals surface area contributed by atoms with Gasteiger partial charge in [0.1, 0.15) is 5.75 Å². The molecule has 0 radical (unpaired) electrons. The van der Waals surface area contributed by atoms with E-state index in [9.17, 15) is 0 Å². The van der Waals surface area contributed by atoms with Crippen molar-refractivity contribution in [2.75, 3.05) is 7.11 Å². The Bertz CT molecular complexity index is 299. The molecule has 0 unspecified atom stereocenters. The third-order valence-corrected chi connectivity index (χ3v) is 2.59. The Morgan fingerprint density at radius 1 is 1.43 bits per heavy atom. The van der Waals surface area contributed by atoms with E-state index in [0.717, 1.165) is 16.8 Å². The Morgan fingerprint density at radius 2 is 2.14 bits per heavy atom. The zero-order valence-electron chi connectivity index (χ0n) is 8.80. The van der Waals surface area contributed by atoms with Crippen molar-refractivity contribution in [3.8, 4) is 5.75 Å². The summed E-state index contributed by atoms with van der Waals surface area (Å²) in [5.74, 6) is 0.882. The molecular weight excluding hydrogens is 242 g/mol. The molecule has 14 heavy (non-hydrogen) atoms. The molecule has 78 valence electrons. The molecule has 0 bridgehead atoms. The largest absolute Gasteiger partial charge is 0.496 e. The molecule has 1 N–H and O–H groups in total. The fourth-order valence-electron chi connectivity index (χ4n) is 1.14. The second kappa shape index (κ2) is 5.37. The molecule has 0 saturated heterocycles. The minimum atomic E-state index is 0.504. The van der Waals surface area contributed by atoms with Crippen LogP contribution in [0.25, 0.3) is 0 Å². The van der Waals surface area contributed by atoms with Gasteiger partial charge in [0.05, 0.1) is 11.6 Å². The van der Waals surface area contributed by atoms with Crippen LogP contribution in [0.1, 0.15) is 19.4 Å². The summed E-state index contributed by atoms with van der Waals surface area (Å²) in [6.07, 6.45) is 0. The molecule has 1 aromatic rings. The number of hydrogen-bond acceptors (Lipinski definition) is 2. The summed E-state index contributed by atoms with van der Waals surface area (Å²) < 4.78 is 6.21. The zero-order valence-corrected chi connectivity index (χ0v) is 10.4. The molecule has 0 aromatic heterocycles. The Labute approximate surface area is 93.8 Å². The van der Waals surface area contributed by atoms with E-state index in [1.165, 1.54) is 5.56 Å². The molecule has 1 rings (SSSR count). The van der Waals surface area contributed by atoms with Gasteiger partial charge in [-0.25, -0.2) is 0 Å². The van der Waals surface area contributed by atoms with Crippen LogP contribution in [0, 0.1) is 0 Å². The Hall–Kier alpha value is -0.540. The van der Waals surface area contributed by atoms with Crippen molar-refractivity contribution in [1.29, 1.82) is 0 Å². The monoisotopic (exact) mass is 257 g/mol. The molecule has 0 aliphatic carbocycles. The topological polar surface area (TPSA) is 21.3 Å². The number of nitrogens with one attached hydrogen (secondary N) is 1. The lowest BCUT2D eigenvalue weighted by Crippen LogP contribution is -2.21. The SMILES string of the molecule is COc1cc(CNC(C)C)ccc1Br. The van der Waals surface area contributed by atoms with E-state index in [1.54, 1.807) is 7.11 Å². The summed E-state index contributed by atoms with van der Waals surface area (Å²) in [4.78, 5) is 0. The van der Waals surface area contributed by atoms with Gasteiger partial charge in [0.2, 0.25) is 0 Å². The van der Waals surface area contributed by atoms with Gasteiger partial charge in [0.25, 0.3) is 0 Å². The highest BCUT2D eigenvalue weighted by molar-refractivity contribution is 9.10. The van der Waals surface area contributed by atoms with Crippen molar-refractivity contribution < 1.29 is 4.74 Å². The summed E-state index contributed by atoms with van der Waals surface area (Å²) in [5, 5.41) is 3.36. The molecule has 0 heterocycles. The molecule has 2 nitrogen and oxygen atoms in total. The highest BCUT2D eigenvalue weighted by Gasteiger charge is 2.01. The lowest BCUT2D eigenvalue weighted by molar-refractivity contribution is 0.411. The van der Waals surface area contributed by atoms with Gasteiger partial charge < -0.3 is 10.1 Å². The quantitative estimate of drug-likeness (QED) is 0.896. The first kappa shape index (κ1) is 11.5. The summed E-state index contributed by atoms with van der Waals surface area (Å²) >= 11 is 3.43. The highest BCUT2D eigenvalue weighted by atomic mass is 79.9. The van der Waals surface area contributed by atoms with Crippen LogP contribution >= 0.6 is 15.9 Å². The van der Waals surface area contributed by atoms with Crippen molar-refractivity contribution in [2.45, 2.75) is 26.4 Å². The minimum absolute atomic E-state index is 0.504. The fourth-order valence-corrected chi connectivity index (χ4v) is 1.54. The average Bonchev–Trinajstić information content (AvgIpc) is 2.16. The van der Waals surface area contributed by atoms with E-state index in [-0.39, 0.29) is 0 Å². The smallest absolute Gasteiger partial charge is 0.133 e. The van der Waals surface area contributed by atoms with E-state index in [2.05, 4.69) is 41.2 Å². The van der Waals surface area contributed by atoms with Gasteiger partial charge in [0.15, 0.2) is 0 Å². The van der Waals surface area contributed by atoms with E-state index in [1.807, 2.05) is 12.1 Å². The molecule has 0 fully saturated rings. The van der Waals surface area contributed by atoms with Gasteiger partial charge in [-0.2, -0.15) is 0 Å². The summed E-state index contributed by atoms with van der Waals surface area (Å²) in [5.41, 5.74) is 1.23. The number of benzene rings is 1. The average molecular weight is 258 g/mol. The van der Waals surface area contributed by atoms with Crippen LogP contribution in [0.4, 0.5) is 0 Å². The highest BCUT2D eigenvalue weighted by Crippen LogP contribution is 2.25. The Balaban J connectivity index is 2.69. The van der Waals surface area contributed by atoms with Crippen molar-refractivity contribution >= 4 is 15.9 Å². The third kappa shape index (κ3) is 3.31. The van der Waals surface area contributed by atoms with Gasteiger partial charge in [-0.1, -0.05) is 19.9 Å². The van der Waals surface area contributed by atoms with Crippen LogP contribution in [0.5, 0.6) is 5.75 Å². The first-order valence-corrected chi connectivity index (χ1v) is 5.48. The van der Waals surface area contributed by atoms with Gasteiger partial charge in [-0.05, 0) is 33.6 Å². The van der Waals surface area contributed by atoms with Crippen molar-refractivity contribution in [3.63, 3.8) is 0 Å². The second-order valence-corrected chi connectivity index (χ2v) is 4.36. The number of rotatable bonds is 4. The maximum atomic E-state index is 5.22. The molecule has 1 aromatic carbocycles. The minimum Gasteiger partial charge on any atom is -0.496 e. The second-order valence-electron chi connectivity index (χ2n) is 3.50. The van der Waals surface area contributed by atoms with Gasteiger partial charge in [0, 0.05) is 12.6 Å². The zero-order chi connectivity index (χ0) is 10.6. The number of ether oxygens (including phenoxy) is 1. The lowest BCUT2D eigenvalue weighted by atomic mass is 10.2. The van der Waals surface area contributed by atoms with Gasteiger partial charge in [-0.3, -0.25) is 0 Å². The molecule has 0 saturated carbocycles. The Morgan fingerprint density at radius 3 is 2.71 bits per heavy atom. The van der Waals surface area contributed by atoms with Crippen LogP contribution < -0.4 is 10.1 Å². The predicted octanol–water partition coefficient (Wildman–Crippen LogP) is 2.96. The van der Waals surface area contributed by atoms with Crippen LogP contribution in [-0.4, -0.2) is 13.2 Å². The van der Waals surface area contributed by atoms with Crippen molar-refractivity contribution in [1.82, 2.24) is 5.32 Å². The van der Waals surface area contributed by atoms with E-state index in [4.69, 9.17) is 4.74 Å². The Kier molecular flexibility index (Phi) is 4.42.